The second-order valence-corrected chi connectivity index (χ2v) is 4.90. The standard InChI is InChI=1S/C11H12N6S/c1-7(11-12-2-3-18-11)4-13-9-8-10(15-5-14-8)17-6-16-9/h2-3,5-7H,4H2,1H3,(H2,13,14,15,16,17). The lowest BCUT2D eigenvalue weighted by Gasteiger charge is -2.10. The fraction of sp³-hybridized carbons (Fsp3) is 0.273. The molecule has 0 aliphatic rings. The number of nitrogens with one attached hydrogen (secondary N) is 2. The summed E-state index contributed by atoms with van der Waals surface area (Å²) < 4.78 is 0. The van der Waals surface area contributed by atoms with E-state index in [1.807, 2.05) is 11.6 Å². The van der Waals surface area contributed by atoms with Crippen LogP contribution in [0, 0.1) is 0 Å². The van der Waals surface area contributed by atoms with Crippen LogP contribution >= 0.6 is 11.3 Å². The van der Waals surface area contributed by atoms with Crippen molar-refractivity contribution in [1.82, 2.24) is 24.9 Å². The van der Waals surface area contributed by atoms with Crippen molar-refractivity contribution in [3.05, 3.63) is 29.2 Å². The maximum Gasteiger partial charge on any atom is 0.182 e. The second kappa shape index (κ2) is 4.69. The Hall–Kier alpha value is -2.02. The van der Waals surface area contributed by atoms with Gasteiger partial charge in [-0.15, -0.1) is 11.3 Å². The molecular weight excluding hydrogens is 248 g/mol. The number of anilines is 1. The van der Waals surface area contributed by atoms with E-state index in [0.29, 0.717) is 11.6 Å². The summed E-state index contributed by atoms with van der Waals surface area (Å²) in [6, 6.07) is 0. The molecule has 1 atom stereocenters. The summed E-state index contributed by atoms with van der Waals surface area (Å²) >= 11 is 1.67. The molecule has 3 heterocycles. The summed E-state index contributed by atoms with van der Waals surface area (Å²) in [4.78, 5) is 19.7. The number of fused-ring (bicyclic) bond motifs is 1. The van der Waals surface area contributed by atoms with Crippen molar-refractivity contribution in [2.24, 2.45) is 0 Å². The van der Waals surface area contributed by atoms with Gasteiger partial charge in [0, 0.05) is 24.0 Å². The lowest BCUT2D eigenvalue weighted by molar-refractivity contribution is 0.792. The first kappa shape index (κ1) is 11.1. The van der Waals surface area contributed by atoms with Crippen molar-refractivity contribution < 1.29 is 0 Å². The topological polar surface area (TPSA) is 79.4 Å². The molecule has 6 nitrogen and oxygen atoms in total. The third-order valence-corrected chi connectivity index (χ3v) is 3.68. The highest BCUT2D eigenvalue weighted by atomic mass is 32.1. The zero-order valence-electron chi connectivity index (χ0n) is 9.79. The molecule has 1 unspecified atom stereocenters. The largest absolute Gasteiger partial charge is 0.367 e. The molecule has 0 bridgehead atoms. The molecule has 0 saturated heterocycles. The lowest BCUT2D eigenvalue weighted by atomic mass is 10.2. The predicted molar refractivity (Wildman–Crippen MR) is 70.7 cm³/mol. The van der Waals surface area contributed by atoms with Gasteiger partial charge in [0.2, 0.25) is 0 Å². The molecule has 3 rings (SSSR count). The molecule has 3 aromatic heterocycles. The Kier molecular flexibility index (Phi) is 2.89. The molecule has 3 aromatic rings. The van der Waals surface area contributed by atoms with Crippen molar-refractivity contribution in [1.29, 1.82) is 0 Å². The van der Waals surface area contributed by atoms with Crippen LogP contribution in [-0.2, 0) is 0 Å². The number of thiazole rings is 1. The van der Waals surface area contributed by atoms with Gasteiger partial charge < -0.3 is 10.3 Å². The van der Waals surface area contributed by atoms with Gasteiger partial charge >= 0.3 is 0 Å². The molecule has 2 N–H and O–H groups in total. The smallest absolute Gasteiger partial charge is 0.182 e. The molecule has 0 saturated carbocycles. The van der Waals surface area contributed by atoms with Gasteiger partial charge in [0.1, 0.15) is 11.8 Å². The summed E-state index contributed by atoms with van der Waals surface area (Å²) in [5.41, 5.74) is 1.51. The van der Waals surface area contributed by atoms with Crippen molar-refractivity contribution >= 4 is 28.3 Å². The number of H-pyrrole nitrogens is 1. The van der Waals surface area contributed by atoms with Gasteiger partial charge in [0.05, 0.1) is 11.3 Å². The zero-order valence-corrected chi connectivity index (χ0v) is 10.6. The van der Waals surface area contributed by atoms with E-state index in [9.17, 15) is 0 Å². The molecule has 0 aliphatic heterocycles. The van der Waals surface area contributed by atoms with E-state index in [1.165, 1.54) is 6.33 Å². The van der Waals surface area contributed by atoms with Gasteiger partial charge in [-0.3, -0.25) is 0 Å². The molecule has 7 heteroatoms. The Bertz CT molecular complexity index is 632. The van der Waals surface area contributed by atoms with Crippen LogP contribution in [-0.4, -0.2) is 31.5 Å². The van der Waals surface area contributed by atoms with Gasteiger partial charge in [-0.1, -0.05) is 6.92 Å². The van der Waals surface area contributed by atoms with Gasteiger partial charge in [-0.25, -0.2) is 19.9 Å². The Labute approximate surface area is 108 Å². The van der Waals surface area contributed by atoms with E-state index in [-0.39, 0.29) is 0 Å². The monoisotopic (exact) mass is 260 g/mol. The molecule has 0 aromatic carbocycles. The summed E-state index contributed by atoms with van der Waals surface area (Å²) in [6.07, 6.45) is 4.96. The highest BCUT2D eigenvalue weighted by Crippen LogP contribution is 2.20. The van der Waals surface area contributed by atoms with Gasteiger partial charge in [0.25, 0.3) is 0 Å². The zero-order chi connectivity index (χ0) is 12.4. The number of hydrogen-bond donors (Lipinski definition) is 2. The van der Waals surface area contributed by atoms with Crippen LogP contribution in [0.1, 0.15) is 17.8 Å². The normalized spacial score (nSPS) is 12.7. The van der Waals surface area contributed by atoms with E-state index in [1.54, 1.807) is 17.7 Å². The molecular formula is C11H12N6S. The van der Waals surface area contributed by atoms with Crippen molar-refractivity contribution in [3.63, 3.8) is 0 Å². The van der Waals surface area contributed by atoms with Gasteiger partial charge in [-0.2, -0.15) is 0 Å². The van der Waals surface area contributed by atoms with Crippen LogP contribution in [0.5, 0.6) is 0 Å². The quantitative estimate of drug-likeness (QED) is 0.750. The summed E-state index contributed by atoms with van der Waals surface area (Å²) in [5.74, 6) is 1.12. The molecule has 0 fully saturated rings. The highest BCUT2D eigenvalue weighted by Gasteiger charge is 2.10. The van der Waals surface area contributed by atoms with E-state index in [2.05, 4.69) is 37.2 Å². The molecule has 0 aliphatic carbocycles. The van der Waals surface area contributed by atoms with Gasteiger partial charge in [-0.05, 0) is 0 Å². The molecule has 92 valence electrons. The first-order valence-corrected chi connectivity index (χ1v) is 6.50. The van der Waals surface area contributed by atoms with E-state index < -0.39 is 0 Å². The number of aromatic nitrogens is 5. The predicted octanol–water partition coefficient (Wildman–Crippen LogP) is 2.02. The summed E-state index contributed by atoms with van der Waals surface area (Å²) in [5, 5.41) is 6.42. The molecule has 0 amide bonds. The number of imidazole rings is 1. The van der Waals surface area contributed by atoms with E-state index in [0.717, 1.165) is 22.9 Å². The number of rotatable bonds is 4. The SMILES string of the molecule is CC(CNc1ncnc2nc[nH]c12)c1nccs1. The van der Waals surface area contributed by atoms with Crippen LogP contribution in [0.15, 0.2) is 24.2 Å². The van der Waals surface area contributed by atoms with E-state index >= 15 is 0 Å². The fourth-order valence-electron chi connectivity index (χ4n) is 1.71. The average molecular weight is 260 g/mol. The molecule has 18 heavy (non-hydrogen) atoms. The first-order chi connectivity index (χ1) is 8.84. The average Bonchev–Trinajstić information content (AvgIpc) is 3.05. The maximum atomic E-state index is 4.31. The Morgan fingerprint density at radius 3 is 3.11 bits per heavy atom. The van der Waals surface area contributed by atoms with Crippen LogP contribution < -0.4 is 5.32 Å². The summed E-state index contributed by atoms with van der Waals surface area (Å²) in [6.45, 7) is 2.91. The van der Waals surface area contributed by atoms with Crippen molar-refractivity contribution in [3.8, 4) is 0 Å². The Morgan fingerprint density at radius 2 is 2.28 bits per heavy atom. The van der Waals surface area contributed by atoms with Gasteiger partial charge in [0.15, 0.2) is 11.5 Å². The Morgan fingerprint density at radius 1 is 1.33 bits per heavy atom. The maximum absolute atomic E-state index is 4.31. The number of hydrogen-bond acceptors (Lipinski definition) is 6. The number of aromatic amines is 1. The third kappa shape index (κ3) is 2.04. The second-order valence-electron chi connectivity index (χ2n) is 3.98. The molecule has 0 radical (unpaired) electrons. The van der Waals surface area contributed by atoms with Crippen molar-refractivity contribution in [2.45, 2.75) is 12.8 Å². The van der Waals surface area contributed by atoms with Crippen LogP contribution in [0.3, 0.4) is 0 Å². The highest BCUT2D eigenvalue weighted by molar-refractivity contribution is 7.09. The van der Waals surface area contributed by atoms with E-state index in [4.69, 9.17) is 0 Å². The minimum atomic E-state index is 0.345. The minimum absolute atomic E-state index is 0.345. The van der Waals surface area contributed by atoms with Crippen LogP contribution in [0.4, 0.5) is 5.82 Å². The number of nitrogens with zero attached hydrogens (tertiary/aromatic N) is 4. The third-order valence-electron chi connectivity index (χ3n) is 2.67. The minimum Gasteiger partial charge on any atom is -0.367 e. The van der Waals surface area contributed by atoms with Crippen LogP contribution in [0.2, 0.25) is 0 Å². The Balaban J connectivity index is 1.75. The molecule has 0 spiro atoms. The fourth-order valence-corrected chi connectivity index (χ4v) is 2.41. The first-order valence-electron chi connectivity index (χ1n) is 5.62. The van der Waals surface area contributed by atoms with Crippen molar-refractivity contribution in [2.75, 3.05) is 11.9 Å². The lowest BCUT2D eigenvalue weighted by Crippen LogP contribution is -2.11. The van der Waals surface area contributed by atoms with Crippen LogP contribution in [0.25, 0.3) is 11.2 Å². The summed E-state index contributed by atoms with van der Waals surface area (Å²) in [7, 11) is 0.